The van der Waals surface area contributed by atoms with Gasteiger partial charge in [-0.1, -0.05) is 11.6 Å². The molecule has 6 nitrogen and oxygen atoms in total. The van der Waals surface area contributed by atoms with Gasteiger partial charge in [-0.25, -0.2) is 4.79 Å². The largest absolute Gasteiger partial charge is 0.461 e. The molecule has 0 aromatic carbocycles. The average molecular weight is 324 g/mol. The van der Waals surface area contributed by atoms with Crippen LogP contribution in [0.5, 0.6) is 0 Å². The van der Waals surface area contributed by atoms with Crippen LogP contribution in [-0.4, -0.2) is 45.6 Å². The summed E-state index contributed by atoms with van der Waals surface area (Å²) in [6.07, 6.45) is 1.57. The molecule has 0 aromatic heterocycles. The summed E-state index contributed by atoms with van der Waals surface area (Å²) in [6, 6.07) is 0. The van der Waals surface area contributed by atoms with E-state index in [1.54, 1.807) is 6.92 Å². The van der Waals surface area contributed by atoms with Crippen molar-refractivity contribution >= 4 is 11.9 Å². The summed E-state index contributed by atoms with van der Waals surface area (Å²) in [5.74, 6) is -2.25. The maximum absolute atomic E-state index is 12.1. The number of rotatable bonds is 1. The van der Waals surface area contributed by atoms with Gasteiger partial charge in [-0.15, -0.1) is 0 Å². The maximum Gasteiger partial charge on any atom is 0.338 e. The Morgan fingerprint density at radius 2 is 2.04 bits per heavy atom. The highest BCUT2D eigenvalue weighted by Gasteiger charge is 2.64. The molecule has 0 spiro atoms. The van der Waals surface area contributed by atoms with E-state index in [-0.39, 0.29) is 18.3 Å². The van der Waals surface area contributed by atoms with Crippen LogP contribution in [0.25, 0.3) is 0 Å². The zero-order chi connectivity index (χ0) is 17.2. The number of carbonyl (C=O) groups excluding carboxylic acids is 2. The van der Waals surface area contributed by atoms with Crippen molar-refractivity contribution in [3.8, 4) is 0 Å². The van der Waals surface area contributed by atoms with Crippen LogP contribution in [0, 0.1) is 17.8 Å². The third kappa shape index (κ3) is 2.39. The number of aliphatic hydroxyl groups is 2. The number of carbonyl (C=O) groups is 2. The average Bonchev–Trinajstić information content (AvgIpc) is 2.84. The molecule has 1 saturated heterocycles. The number of ether oxygens (including phenoxy) is 2. The summed E-state index contributed by atoms with van der Waals surface area (Å²) in [6.45, 7) is 6.38. The molecule has 128 valence electrons. The summed E-state index contributed by atoms with van der Waals surface area (Å²) in [5, 5.41) is 21.6. The van der Waals surface area contributed by atoms with E-state index in [9.17, 15) is 19.8 Å². The molecule has 1 aliphatic heterocycles. The summed E-state index contributed by atoms with van der Waals surface area (Å²) >= 11 is 0. The smallest absolute Gasteiger partial charge is 0.338 e. The predicted octanol–water partition coefficient (Wildman–Crippen LogP) is 0.948. The minimum absolute atomic E-state index is 0.132. The lowest BCUT2D eigenvalue weighted by Gasteiger charge is -2.37. The summed E-state index contributed by atoms with van der Waals surface area (Å²) in [5.41, 5.74) is -1.80. The topological polar surface area (TPSA) is 93.1 Å². The van der Waals surface area contributed by atoms with Gasteiger partial charge >= 0.3 is 11.9 Å². The molecular weight excluding hydrogens is 300 g/mol. The fraction of sp³-hybridized carbons (Fsp3) is 0.765. The van der Waals surface area contributed by atoms with Crippen molar-refractivity contribution in [3.05, 3.63) is 11.6 Å². The van der Waals surface area contributed by atoms with Crippen LogP contribution in [0.3, 0.4) is 0 Å². The van der Waals surface area contributed by atoms with Crippen molar-refractivity contribution in [2.24, 2.45) is 17.8 Å². The van der Waals surface area contributed by atoms with Gasteiger partial charge < -0.3 is 19.7 Å². The first-order valence-corrected chi connectivity index (χ1v) is 8.05. The molecule has 7 atom stereocenters. The molecule has 2 aliphatic carbocycles. The molecule has 0 aromatic rings. The van der Waals surface area contributed by atoms with Gasteiger partial charge in [0.25, 0.3) is 0 Å². The van der Waals surface area contributed by atoms with Crippen molar-refractivity contribution < 1.29 is 29.3 Å². The van der Waals surface area contributed by atoms with Gasteiger partial charge in [-0.05, 0) is 27.2 Å². The van der Waals surface area contributed by atoms with Crippen LogP contribution >= 0.6 is 0 Å². The van der Waals surface area contributed by atoms with E-state index in [1.807, 2.05) is 13.0 Å². The Hall–Kier alpha value is -1.40. The van der Waals surface area contributed by atoms with E-state index < -0.39 is 41.3 Å². The van der Waals surface area contributed by atoms with Crippen LogP contribution in [0.2, 0.25) is 0 Å². The molecule has 0 radical (unpaired) electrons. The second kappa shape index (κ2) is 5.05. The zero-order valence-electron chi connectivity index (χ0n) is 13.9. The van der Waals surface area contributed by atoms with E-state index in [0.717, 1.165) is 5.57 Å². The molecular formula is C17H24O6. The van der Waals surface area contributed by atoms with Crippen LogP contribution < -0.4 is 0 Å². The fourth-order valence-corrected chi connectivity index (χ4v) is 4.69. The Bertz CT molecular complexity index is 576. The molecule has 3 aliphatic rings. The molecule has 2 fully saturated rings. The minimum Gasteiger partial charge on any atom is -0.461 e. The van der Waals surface area contributed by atoms with Crippen LogP contribution in [0.4, 0.5) is 0 Å². The first-order valence-electron chi connectivity index (χ1n) is 8.05. The Morgan fingerprint density at radius 1 is 1.39 bits per heavy atom. The van der Waals surface area contributed by atoms with Crippen molar-refractivity contribution in [2.75, 3.05) is 0 Å². The summed E-state index contributed by atoms with van der Waals surface area (Å²) < 4.78 is 10.9. The fourth-order valence-electron chi connectivity index (χ4n) is 4.69. The van der Waals surface area contributed by atoms with Gasteiger partial charge in [0.15, 0.2) is 5.60 Å². The third-order valence-electron chi connectivity index (χ3n) is 5.80. The predicted molar refractivity (Wildman–Crippen MR) is 80.1 cm³/mol. The Balaban J connectivity index is 2.11. The normalized spacial score (nSPS) is 48.9. The second-order valence-corrected chi connectivity index (χ2v) is 7.57. The molecule has 2 N–H and O–H groups in total. The second-order valence-electron chi connectivity index (χ2n) is 7.57. The SMILES string of the molecule is CC(=O)O[C@H]1[C@@H]2C(C)=CC[C@@H]2[C@@](C)(O)C[C@@H]2OC(=O)[C@@](C)(O)[C@@H]12. The summed E-state index contributed by atoms with van der Waals surface area (Å²) in [4.78, 5) is 23.7. The van der Waals surface area contributed by atoms with Crippen molar-refractivity contribution in [2.45, 2.75) is 63.9 Å². The van der Waals surface area contributed by atoms with Crippen LogP contribution in [-0.2, 0) is 19.1 Å². The number of hydrogen-bond acceptors (Lipinski definition) is 6. The van der Waals surface area contributed by atoms with E-state index in [2.05, 4.69) is 0 Å². The minimum atomic E-state index is -1.74. The first-order chi connectivity index (χ1) is 10.6. The van der Waals surface area contributed by atoms with E-state index in [1.165, 1.54) is 13.8 Å². The lowest BCUT2D eigenvalue weighted by molar-refractivity contribution is -0.165. The third-order valence-corrected chi connectivity index (χ3v) is 5.80. The van der Waals surface area contributed by atoms with Gasteiger partial charge in [-0.2, -0.15) is 0 Å². The van der Waals surface area contributed by atoms with Gasteiger partial charge in [0, 0.05) is 25.2 Å². The molecule has 0 bridgehead atoms. The highest BCUT2D eigenvalue weighted by molar-refractivity contribution is 5.82. The van der Waals surface area contributed by atoms with E-state index >= 15 is 0 Å². The quantitative estimate of drug-likeness (QED) is 0.551. The number of fused-ring (bicyclic) bond motifs is 2. The van der Waals surface area contributed by atoms with Crippen LogP contribution in [0.1, 0.15) is 40.5 Å². The van der Waals surface area contributed by atoms with Gasteiger partial charge in [0.1, 0.15) is 12.2 Å². The number of esters is 2. The molecule has 3 rings (SSSR count). The van der Waals surface area contributed by atoms with Gasteiger partial charge in [-0.3, -0.25) is 4.79 Å². The first kappa shape index (κ1) is 16.5. The molecule has 23 heavy (non-hydrogen) atoms. The standard InChI is InChI=1S/C17H24O6/c1-8-5-6-10-12(8)14(22-9(2)18)13-11(7-16(10,3)20)23-15(19)17(13,4)21/h5,10-14,20-21H,6-7H2,1-4H3/t10-,11-,12+,13+,14-,16-,17-/m0/s1. The van der Waals surface area contributed by atoms with Crippen molar-refractivity contribution in [3.63, 3.8) is 0 Å². The Labute approximate surface area is 135 Å². The number of hydrogen-bond donors (Lipinski definition) is 2. The molecule has 0 amide bonds. The van der Waals surface area contributed by atoms with Gasteiger partial charge in [0.2, 0.25) is 0 Å². The molecule has 1 saturated carbocycles. The van der Waals surface area contributed by atoms with Crippen molar-refractivity contribution in [1.82, 2.24) is 0 Å². The van der Waals surface area contributed by atoms with E-state index in [4.69, 9.17) is 9.47 Å². The molecule has 1 heterocycles. The van der Waals surface area contributed by atoms with Gasteiger partial charge in [0.05, 0.1) is 11.5 Å². The van der Waals surface area contributed by atoms with E-state index in [0.29, 0.717) is 6.42 Å². The maximum atomic E-state index is 12.1. The van der Waals surface area contributed by atoms with Crippen molar-refractivity contribution in [1.29, 1.82) is 0 Å². The highest BCUT2D eigenvalue weighted by atomic mass is 16.6. The lowest BCUT2D eigenvalue weighted by atomic mass is 9.74. The molecule has 6 heteroatoms. The zero-order valence-corrected chi connectivity index (χ0v) is 13.9. The Morgan fingerprint density at radius 3 is 2.65 bits per heavy atom. The monoisotopic (exact) mass is 324 g/mol. The molecule has 0 unspecified atom stereocenters. The summed E-state index contributed by atoms with van der Waals surface area (Å²) in [7, 11) is 0. The van der Waals surface area contributed by atoms with Crippen LogP contribution in [0.15, 0.2) is 11.6 Å². The lowest BCUT2D eigenvalue weighted by Crippen LogP contribution is -2.49. The highest BCUT2D eigenvalue weighted by Crippen LogP contribution is 2.53. The Kier molecular flexibility index (Phi) is 3.61. The number of allylic oxidation sites excluding steroid dienone is 1.